The van der Waals surface area contributed by atoms with Crippen LogP contribution in [0.5, 0.6) is 5.88 Å². The molecule has 2 heterocycles. The van der Waals surface area contributed by atoms with Crippen molar-refractivity contribution < 1.29 is 18.7 Å². The Bertz CT molecular complexity index is 761. The van der Waals surface area contributed by atoms with E-state index in [0.717, 1.165) is 5.01 Å². The first kappa shape index (κ1) is 16.1. The van der Waals surface area contributed by atoms with Crippen LogP contribution in [-0.2, 0) is 9.59 Å². The predicted molar refractivity (Wildman–Crippen MR) is 81.3 cm³/mol. The van der Waals surface area contributed by atoms with Gasteiger partial charge < -0.3 is 4.74 Å². The smallest absolute Gasteiger partial charge is 0.276 e. The Kier molecular flexibility index (Phi) is 4.57. The zero-order valence-corrected chi connectivity index (χ0v) is 13.0. The highest BCUT2D eigenvalue weighted by atomic mass is 35.5. The van der Waals surface area contributed by atoms with Gasteiger partial charge in [-0.15, -0.1) is 11.6 Å². The molecule has 2 amide bonds. The lowest BCUT2D eigenvalue weighted by molar-refractivity contribution is -0.157. The van der Waals surface area contributed by atoms with Crippen LogP contribution < -0.4 is 10.2 Å². The Morgan fingerprint density at radius 2 is 2.17 bits per heavy atom. The summed E-state index contributed by atoms with van der Waals surface area (Å²) in [5, 5.41) is 0.0569. The lowest BCUT2D eigenvalue weighted by Crippen LogP contribution is -2.63. The summed E-state index contributed by atoms with van der Waals surface area (Å²) in [4.78, 5) is 31.4. The predicted octanol–water partition coefficient (Wildman–Crippen LogP) is 1.22. The van der Waals surface area contributed by atoms with Crippen LogP contribution in [0.15, 0.2) is 42.9 Å². The van der Waals surface area contributed by atoms with Crippen molar-refractivity contribution in [3.05, 3.63) is 54.2 Å². The van der Waals surface area contributed by atoms with Crippen LogP contribution >= 0.6 is 11.6 Å². The van der Waals surface area contributed by atoms with Crippen molar-refractivity contribution >= 4 is 23.4 Å². The summed E-state index contributed by atoms with van der Waals surface area (Å²) in [6.45, 7) is -0.376. The van der Waals surface area contributed by atoms with E-state index < -0.39 is 29.1 Å². The lowest BCUT2D eigenvalue weighted by atomic mass is 9.95. The Hall–Kier alpha value is -2.74. The van der Waals surface area contributed by atoms with Crippen molar-refractivity contribution in [2.24, 2.45) is 0 Å². The fourth-order valence-electron chi connectivity index (χ4n) is 2.26. The number of benzene rings is 1. The van der Waals surface area contributed by atoms with E-state index in [1.807, 2.05) is 0 Å². The first-order chi connectivity index (χ1) is 11.6. The molecule has 0 spiro atoms. The molecule has 1 fully saturated rings. The Morgan fingerprint density at radius 1 is 1.38 bits per heavy atom. The standard InChI is InChI=1S/C15H12ClFN4O3/c16-13-14(9-3-1-2-4-10(9)17)21(15(13)23)20-11(22)8-24-12-7-18-5-6-19-12/h1-7,13-14H,8H2,(H,20,22). The molecule has 1 aliphatic heterocycles. The summed E-state index contributed by atoms with van der Waals surface area (Å²) in [5.74, 6) is -1.45. The van der Waals surface area contributed by atoms with Gasteiger partial charge in [0.05, 0.1) is 6.20 Å². The molecular formula is C15H12ClFN4O3. The Labute approximate surface area is 141 Å². The van der Waals surface area contributed by atoms with E-state index in [1.165, 1.54) is 36.8 Å². The highest BCUT2D eigenvalue weighted by Gasteiger charge is 2.49. The molecule has 2 aromatic rings. The number of β-lactam (4-membered cyclic amide) rings is 1. The maximum atomic E-state index is 13.9. The zero-order chi connectivity index (χ0) is 17.1. The van der Waals surface area contributed by atoms with Gasteiger partial charge in [-0.05, 0) is 6.07 Å². The van der Waals surface area contributed by atoms with Crippen LogP contribution in [0.4, 0.5) is 4.39 Å². The highest BCUT2D eigenvalue weighted by molar-refractivity contribution is 6.33. The van der Waals surface area contributed by atoms with Gasteiger partial charge in [0.25, 0.3) is 11.8 Å². The van der Waals surface area contributed by atoms with Crippen molar-refractivity contribution in [3.8, 4) is 5.88 Å². The first-order valence-corrected chi connectivity index (χ1v) is 7.41. The van der Waals surface area contributed by atoms with E-state index in [4.69, 9.17) is 16.3 Å². The third-order valence-corrected chi connectivity index (χ3v) is 3.81. The molecule has 124 valence electrons. The lowest BCUT2D eigenvalue weighted by Gasteiger charge is -2.43. The fourth-order valence-corrected chi connectivity index (χ4v) is 2.61. The van der Waals surface area contributed by atoms with Gasteiger partial charge in [-0.3, -0.25) is 20.0 Å². The number of aromatic nitrogens is 2. The third-order valence-electron chi connectivity index (χ3n) is 3.39. The Balaban J connectivity index is 1.64. The zero-order valence-electron chi connectivity index (χ0n) is 12.2. The number of carbonyl (C=O) groups is 2. The summed E-state index contributed by atoms with van der Waals surface area (Å²) in [6, 6.07) is 5.15. The summed E-state index contributed by atoms with van der Waals surface area (Å²) < 4.78 is 19.0. The fraction of sp³-hybridized carbons (Fsp3) is 0.200. The summed E-state index contributed by atoms with van der Waals surface area (Å²) in [6.07, 6.45) is 4.22. The molecule has 3 rings (SSSR count). The van der Waals surface area contributed by atoms with Crippen molar-refractivity contribution in [2.75, 3.05) is 6.61 Å². The van der Waals surface area contributed by atoms with Crippen LogP contribution in [-0.4, -0.2) is 38.8 Å². The van der Waals surface area contributed by atoms with Crippen molar-refractivity contribution in [2.45, 2.75) is 11.4 Å². The van der Waals surface area contributed by atoms with Crippen molar-refractivity contribution in [1.29, 1.82) is 0 Å². The molecule has 0 saturated carbocycles. The van der Waals surface area contributed by atoms with Gasteiger partial charge in [0.1, 0.15) is 17.2 Å². The number of alkyl halides is 1. The molecule has 1 saturated heterocycles. The van der Waals surface area contributed by atoms with E-state index in [-0.39, 0.29) is 18.1 Å². The number of amides is 2. The van der Waals surface area contributed by atoms with E-state index in [9.17, 15) is 14.0 Å². The monoisotopic (exact) mass is 350 g/mol. The Morgan fingerprint density at radius 3 is 2.88 bits per heavy atom. The maximum Gasteiger partial charge on any atom is 0.276 e. The van der Waals surface area contributed by atoms with E-state index in [1.54, 1.807) is 6.07 Å². The third kappa shape index (κ3) is 3.13. The molecule has 1 aromatic carbocycles. The normalized spacial score (nSPS) is 19.6. The molecule has 0 bridgehead atoms. The topological polar surface area (TPSA) is 84.4 Å². The summed E-state index contributed by atoms with van der Waals surface area (Å²) in [7, 11) is 0. The number of rotatable bonds is 5. The molecule has 1 aliphatic rings. The highest BCUT2D eigenvalue weighted by Crippen LogP contribution is 2.37. The van der Waals surface area contributed by atoms with Gasteiger partial charge >= 0.3 is 0 Å². The van der Waals surface area contributed by atoms with Crippen molar-refractivity contribution in [1.82, 2.24) is 20.4 Å². The van der Waals surface area contributed by atoms with E-state index >= 15 is 0 Å². The van der Waals surface area contributed by atoms with E-state index in [0.29, 0.717) is 0 Å². The van der Waals surface area contributed by atoms with Crippen LogP contribution in [0, 0.1) is 5.82 Å². The molecule has 0 radical (unpaired) electrons. The average Bonchev–Trinajstić information content (AvgIpc) is 2.61. The maximum absolute atomic E-state index is 13.9. The average molecular weight is 351 g/mol. The second kappa shape index (κ2) is 6.79. The summed E-state index contributed by atoms with van der Waals surface area (Å²) in [5.41, 5.74) is 2.59. The number of carbonyl (C=O) groups excluding carboxylic acids is 2. The van der Waals surface area contributed by atoms with Gasteiger partial charge in [-0.2, -0.15) is 0 Å². The number of hydrogen-bond acceptors (Lipinski definition) is 5. The van der Waals surface area contributed by atoms with Crippen molar-refractivity contribution in [3.63, 3.8) is 0 Å². The molecule has 9 heteroatoms. The minimum absolute atomic E-state index is 0.170. The largest absolute Gasteiger partial charge is 0.466 e. The van der Waals surface area contributed by atoms with Gasteiger partial charge in [-0.1, -0.05) is 18.2 Å². The number of nitrogens with one attached hydrogen (secondary N) is 1. The molecule has 2 atom stereocenters. The first-order valence-electron chi connectivity index (χ1n) is 6.98. The van der Waals surface area contributed by atoms with Crippen LogP contribution in [0.3, 0.4) is 0 Å². The number of halogens is 2. The quantitative estimate of drug-likeness (QED) is 0.647. The molecule has 2 unspecified atom stereocenters. The van der Waals surface area contributed by atoms with Gasteiger partial charge in [0.2, 0.25) is 5.88 Å². The van der Waals surface area contributed by atoms with Crippen LogP contribution in [0.25, 0.3) is 0 Å². The minimum atomic E-state index is -0.942. The second-order valence-corrected chi connectivity index (χ2v) is 5.41. The van der Waals surface area contributed by atoms with Crippen LogP contribution in [0.1, 0.15) is 11.6 Å². The molecule has 7 nitrogen and oxygen atoms in total. The molecule has 1 N–H and O–H groups in total. The van der Waals surface area contributed by atoms with Gasteiger partial charge in [0, 0.05) is 18.0 Å². The number of hydrogen-bond donors (Lipinski definition) is 1. The minimum Gasteiger partial charge on any atom is -0.466 e. The number of nitrogens with zero attached hydrogens (tertiary/aromatic N) is 3. The SMILES string of the molecule is O=C(COc1cnccn1)NN1C(=O)C(Cl)C1c1ccccc1F. The summed E-state index contributed by atoms with van der Waals surface area (Å²) >= 11 is 5.96. The molecule has 24 heavy (non-hydrogen) atoms. The molecule has 0 aliphatic carbocycles. The number of ether oxygens (including phenoxy) is 1. The van der Waals surface area contributed by atoms with E-state index in [2.05, 4.69) is 15.4 Å². The van der Waals surface area contributed by atoms with Crippen LogP contribution in [0.2, 0.25) is 0 Å². The van der Waals surface area contributed by atoms with Gasteiger partial charge in [0.15, 0.2) is 6.61 Å². The molecule has 1 aromatic heterocycles. The second-order valence-electron chi connectivity index (χ2n) is 4.94. The van der Waals surface area contributed by atoms with Gasteiger partial charge in [-0.25, -0.2) is 14.4 Å². The number of hydrazine groups is 1. The molecular weight excluding hydrogens is 339 g/mol.